The Morgan fingerprint density at radius 1 is 1.24 bits per heavy atom. The third kappa shape index (κ3) is 5.67. The molecule has 2 aromatic rings. The van der Waals surface area contributed by atoms with E-state index in [0.29, 0.717) is 23.8 Å². The Labute approximate surface area is 151 Å². The number of amides is 1. The minimum absolute atomic E-state index is 0.107. The first-order valence-corrected chi connectivity index (χ1v) is 9.06. The molecule has 1 atom stereocenters. The average Bonchev–Trinajstić information content (AvgIpc) is 2.61. The van der Waals surface area contributed by atoms with Crippen LogP contribution in [0.1, 0.15) is 19.4 Å². The van der Waals surface area contributed by atoms with E-state index in [1.807, 2.05) is 26.0 Å². The normalized spacial score (nSPS) is 11.7. The summed E-state index contributed by atoms with van der Waals surface area (Å²) in [5.41, 5.74) is 1.44. The average molecular weight is 363 g/mol. The Morgan fingerprint density at radius 2 is 1.96 bits per heavy atom. The molecule has 0 saturated heterocycles. The Hall–Kier alpha value is -2.21. The number of ether oxygens (including phenoxy) is 2. The molecule has 0 spiro atoms. The summed E-state index contributed by atoms with van der Waals surface area (Å²) in [7, 11) is 1.55. The van der Waals surface area contributed by atoms with Crippen LogP contribution < -0.4 is 14.8 Å². The van der Waals surface area contributed by atoms with Crippen molar-refractivity contribution >= 4 is 23.4 Å². The summed E-state index contributed by atoms with van der Waals surface area (Å²) in [5, 5.41) is 2.57. The lowest BCUT2D eigenvalue weighted by atomic mass is 10.2. The van der Waals surface area contributed by atoms with Gasteiger partial charge in [-0.15, -0.1) is 11.8 Å². The van der Waals surface area contributed by atoms with Crippen LogP contribution >= 0.6 is 11.8 Å². The fourth-order valence-corrected chi connectivity index (χ4v) is 3.06. The van der Waals surface area contributed by atoms with E-state index in [1.54, 1.807) is 25.3 Å². The van der Waals surface area contributed by atoms with Gasteiger partial charge >= 0.3 is 0 Å². The molecule has 1 unspecified atom stereocenters. The van der Waals surface area contributed by atoms with Gasteiger partial charge in [-0.05, 0) is 56.3 Å². The summed E-state index contributed by atoms with van der Waals surface area (Å²) < 4.78 is 24.0. The van der Waals surface area contributed by atoms with E-state index in [9.17, 15) is 9.18 Å². The maximum Gasteiger partial charge on any atom is 0.237 e. The zero-order chi connectivity index (χ0) is 18.2. The summed E-state index contributed by atoms with van der Waals surface area (Å²) in [6.07, 6.45) is 0. The molecule has 4 nitrogen and oxygen atoms in total. The van der Waals surface area contributed by atoms with Crippen molar-refractivity contribution in [2.75, 3.05) is 19.0 Å². The first kappa shape index (κ1) is 19.1. The number of thioether (sulfide) groups is 1. The molecule has 0 aliphatic heterocycles. The Kier molecular flexibility index (Phi) is 7.13. The summed E-state index contributed by atoms with van der Waals surface area (Å²) in [6, 6.07) is 11.6. The van der Waals surface area contributed by atoms with Gasteiger partial charge < -0.3 is 14.8 Å². The smallest absolute Gasteiger partial charge is 0.237 e. The molecular weight excluding hydrogens is 341 g/mol. The number of carbonyl (C=O) groups is 1. The van der Waals surface area contributed by atoms with Crippen molar-refractivity contribution in [3.05, 3.63) is 53.8 Å². The molecule has 2 aromatic carbocycles. The molecule has 0 heterocycles. The largest absolute Gasteiger partial charge is 0.496 e. The highest BCUT2D eigenvalue weighted by atomic mass is 32.2. The first-order valence-electron chi connectivity index (χ1n) is 8.01. The van der Waals surface area contributed by atoms with Gasteiger partial charge in [0.1, 0.15) is 17.3 Å². The van der Waals surface area contributed by atoms with Crippen molar-refractivity contribution in [2.45, 2.75) is 24.9 Å². The molecule has 0 aliphatic carbocycles. The van der Waals surface area contributed by atoms with Gasteiger partial charge in [-0.3, -0.25) is 4.79 Å². The van der Waals surface area contributed by atoms with E-state index in [0.717, 1.165) is 11.3 Å². The number of rotatable bonds is 8. The maximum atomic E-state index is 13.4. The number of halogens is 1. The standard InChI is InChI=1S/C19H22FNO3S/c1-4-24-17-8-6-16(7-9-17)21-19(22)13(2)25-12-14-11-15(20)5-10-18(14)23-3/h5-11,13H,4,12H2,1-3H3,(H,21,22). The number of nitrogens with one attached hydrogen (secondary N) is 1. The molecule has 134 valence electrons. The van der Waals surface area contributed by atoms with Gasteiger partial charge in [-0.25, -0.2) is 4.39 Å². The van der Waals surface area contributed by atoms with Gasteiger partial charge in [0.15, 0.2) is 0 Å². The van der Waals surface area contributed by atoms with E-state index >= 15 is 0 Å². The van der Waals surface area contributed by atoms with Crippen molar-refractivity contribution in [1.82, 2.24) is 0 Å². The molecule has 25 heavy (non-hydrogen) atoms. The minimum atomic E-state index is -0.317. The highest BCUT2D eigenvalue weighted by Crippen LogP contribution is 2.27. The second kappa shape index (κ2) is 9.32. The fraction of sp³-hybridized carbons (Fsp3) is 0.316. The number of methoxy groups -OCH3 is 1. The maximum absolute atomic E-state index is 13.4. The van der Waals surface area contributed by atoms with Crippen LogP contribution in [0.3, 0.4) is 0 Å². The molecular formula is C19H22FNO3S. The van der Waals surface area contributed by atoms with E-state index in [1.165, 1.54) is 23.9 Å². The lowest BCUT2D eigenvalue weighted by molar-refractivity contribution is -0.115. The first-order chi connectivity index (χ1) is 12.0. The van der Waals surface area contributed by atoms with Gasteiger partial charge in [0.05, 0.1) is 19.0 Å². The molecule has 2 rings (SSSR count). The number of hydrogen-bond donors (Lipinski definition) is 1. The van der Waals surface area contributed by atoms with Crippen LogP contribution in [0, 0.1) is 5.82 Å². The highest BCUT2D eigenvalue weighted by Gasteiger charge is 2.15. The minimum Gasteiger partial charge on any atom is -0.496 e. The van der Waals surface area contributed by atoms with Gasteiger partial charge in [0.2, 0.25) is 5.91 Å². The van der Waals surface area contributed by atoms with Crippen molar-refractivity contribution in [1.29, 1.82) is 0 Å². The summed E-state index contributed by atoms with van der Waals surface area (Å²) in [5.74, 6) is 1.44. The van der Waals surface area contributed by atoms with Gasteiger partial charge in [-0.2, -0.15) is 0 Å². The highest BCUT2D eigenvalue weighted by molar-refractivity contribution is 7.99. The summed E-state index contributed by atoms with van der Waals surface area (Å²) >= 11 is 1.42. The molecule has 0 saturated carbocycles. The van der Waals surface area contributed by atoms with Gasteiger partial charge in [0.25, 0.3) is 0 Å². The van der Waals surface area contributed by atoms with Crippen molar-refractivity contribution in [3.63, 3.8) is 0 Å². The topological polar surface area (TPSA) is 47.6 Å². The quantitative estimate of drug-likeness (QED) is 0.750. The number of benzene rings is 2. The molecule has 0 bridgehead atoms. The lowest BCUT2D eigenvalue weighted by Gasteiger charge is -2.14. The number of anilines is 1. The van der Waals surface area contributed by atoms with Crippen LogP contribution in [0.5, 0.6) is 11.5 Å². The molecule has 0 fully saturated rings. The van der Waals surface area contributed by atoms with Crippen LogP contribution in [0.4, 0.5) is 10.1 Å². The predicted octanol–water partition coefficient (Wildman–Crippen LogP) is 4.49. The molecule has 0 aromatic heterocycles. The molecule has 6 heteroatoms. The van der Waals surface area contributed by atoms with E-state index < -0.39 is 0 Å². The Morgan fingerprint density at radius 3 is 2.60 bits per heavy atom. The molecule has 0 radical (unpaired) electrons. The van der Waals surface area contributed by atoms with Gasteiger partial charge in [0, 0.05) is 17.0 Å². The number of carbonyl (C=O) groups excluding carboxylic acids is 1. The van der Waals surface area contributed by atoms with Crippen LogP contribution in [0.2, 0.25) is 0 Å². The van der Waals surface area contributed by atoms with Gasteiger partial charge in [-0.1, -0.05) is 0 Å². The third-order valence-electron chi connectivity index (χ3n) is 3.53. The molecule has 1 N–H and O–H groups in total. The third-order valence-corrected chi connectivity index (χ3v) is 4.73. The van der Waals surface area contributed by atoms with E-state index in [4.69, 9.17) is 9.47 Å². The van der Waals surface area contributed by atoms with E-state index in [2.05, 4.69) is 5.32 Å². The van der Waals surface area contributed by atoms with Crippen LogP contribution in [0.25, 0.3) is 0 Å². The van der Waals surface area contributed by atoms with Crippen LogP contribution in [0.15, 0.2) is 42.5 Å². The Balaban J connectivity index is 1.91. The second-order valence-electron chi connectivity index (χ2n) is 5.36. The van der Waals surface area contributed by atoms with Crippen molar-refractivity contribution in [2.24, 2.45) is 0 Å². The molecule has 1 amide bonds. The number of hydrogen-bond acceptors (Lipinski definition) is 4. The Bertz CT molecular complexity index is 706. The summed E-state index contributed by atoms with van der Waals surface area (Å²) in [6.45, 7) is 4.34. The molecule has 0 aliphatic rings. The zero-order valence-electron chi connectivity index (χ0n) is 14.5. The van der Waals surface area contributed by atoms with Crippen LogP contribution in [-0.4, -0.2) is 24.9 Å². The summed E-state index contributed by atoms with van der Waals surface area (Å²) in [4.78, 5) is 12.3. The monoisotopic (exact) mass is 363 g/mol. The van der Waals surface area contributed by atoms with E-state index in [-0.39, 0.29) is 17.0 Å². The SMILES string of the molecule is CCOc1ccc(NC(=O)C(C)SCc2cc(F)ccc2OC)cc1. The fourth-order valence-electron chi connectivity index (χ4n) is 2.20. The van der Waals surface area contributed by atoms with Crippen molar-refractivity contribution in [3.8, 4) is 11.5 Å². The van der Waals surface area contributed by atoms with Crippen LogP contribution in [-0.2, 0) is 10.5 Å². The zero-order valence-corrected chi connectivity index (χ0v) is 15.4. The van der Waals surface area contributed by atoms with Crippen molar-refractivity contribution < 1.29 is 18.7 Å². The lowest BCUT2D eigenvalue weighted by Crippen LogP contribution is -2.22. The predicted molar refractivity (Wildman–Crippen MR) is 99.9 cm³/mol. The second-order valence-corrected chi connectivity index (χ2v) is 6.69.